The number of nitrogen functional groups attached to an aromatic ring is 1. The van der Waals surface area contributed by atoms with Crippen LogP contribution in [0, 0.1) is 0 Å². The van der Waals surface area contributed by atoms with Gasteiger partial charge in [0.2, 0.25) is 0 Å². The minimum Gasteiger partial charge on any atom is -0.446 e. The lowest BCUT2D eigenvalue weighted by atomic mass is 10.4. The van der Waals surface area contributed by atoms with Crippen LogP contribution in [0.2, 0.25) is 0 Å². The fraction of sp³-hybridized carbons (Fsp3) is 0.583. The maximum atomic E-state index is 11.7. The van der Waals surface area contributed by atoms with Crippen LogP contribution >= 0.6 is 11.8 Å². The Morgan fingerprint density at radius 2 is 2.45 bits per heavy atom. The van der Waals surface area contributed by atoms with E-state index in [1.807, 2.05) is 0 Å². The Labute approximate surface area is 131 Å². The first-order chi connectivity index (χ1) is 10.6. The van der Waals surface area contributed by atoms with Crippen molar-refractivity contribution in [3.05, 3.63) is 22.7 Å². The molecule has 1 aromatic heterocycles. The van der Waals surface area contributed by atoms with E-state index in [-0.39, 0.29) is 17.9 Å². The molecular formula is C12H19N5O4S. The largest absolute Gasteiger partial charge is 0.446 e. The zero-order valence-electron chi connectivity index (χ0n) is 11.9. The van der Waals surface area contributed by atoms with Crippen LogP contribution in [0.1, 0.15) is 12.6 Å². The van der Waals surface area contributed by atoms with Crippen LogP contribution in [0.3, 0.4) is 0 Å². The Hall–Kier alpha value is -1.78. The van der Waals surface area contributed by atoms with Gasteiger partial charge in [-0.3, -0.25) is 4.57 Å². The second-order valence-electron chi connectivity index (χ2n) is 4.56. The number of rotatable bonds is 6. The SMILES string of the molecule is NCCCNC(=O)OC[C@H]1O[C@H](n2ccc(N)nc2=O)CS1. The molecule has 1 aromatic rings. The van der Waals surface area contributed by atoms with Gasteiger partial charge in [-0.2, -0.15) is 4.98 Å². The third-order valence-electron chi connectivity index (χ3n) is 2.90. The molecule has 0 aromatic carbocycles. The van der Waals surface area contributed by atoms with E-state index in [1.165, 1.54) is 22.4 Å². The number of nitrogens with zero attached hydrogens (tertiary/aromatic N) is 2. The average molecular weight is 329 g/mol. The molecule has 122 valence electrons. The Bertz CT molecular complexity index is 567. The summed E-state index contributed by atoms with van der Waals surface area (Å²) in [5.41, 5.74) is 9.98. The highest BCUT2D eigenvalue weighted by Gasteiger charge is 2.29. The van der Waals surface area contributed by atoms with Crippen LogP contribution in [0.15, 0.2) is 17.1 Å². The van der Waals surface area contributed by atoms with Crippen molar-refractivity contribution < 1.29 is 14.3 Å². The number of amides is 1. The predicted molar refractivity (Wildman–Crippen MR) is 82.3 cm³/mol. The molecule has 0 saturated carbocycles. The van der Waals surface area contributed by atoms with Crippen molar-refractivity contribution in [2.24, 2.45) is 5.73 Å². The minimum absolute atomic E-state index is 0.104. The van der Waals surface area contributed by atoms with E-state index in [0.29, 0.717) is 25.3 Å². The van der Waals surface area contributed by atoms with Crippen molar-refractivity contribution in [3.63, 3.8) is 0 Å². The highest BCUT2D eigenvalue weighted by atomic mass is 32.2. The lowest BCUT2D eigenvalue weighted by molar-refractivity contribution is -0.0105. The van der Waals surface area contributed by atoms with Gasteiger partial charge in [-0.25, -0.2) is 9.59 Å². The third-order valence-corrected chi connectivity index (χ3v) is 3.99. The molecule has 0 unspecified atom stereocenters. The van der Waals surface area contributed by atoms with Crippen molar-refractivity contribution in [2.75, 3.05) is 31.2 Å². The smallest absolute Gasteiger partial charge is 0.407 e. The van der Waals surface area contributed by atoms with Gasteiger partial charge in [0.05, 0.1) is 0 Å². The van der Waals surface area contributed by atoms with Gasteiger partial charge in [0.25, 0.3) is 0 Å². The number of carbonyl (C=O) groups excluding carboxylic acids is 1. The average Bonchev–Trinajstić information content (AvgIpc) is 2.94. The zero-order valence-corrected chi connectivity index (χ0v) is 12.8. The van der Waals surface area contributed by atoms with Gasteiger partial charge in [-0.05, 0) is 19.0 Å². The zero-order chi connectivity index (χ0) is 15.9. The summed E-state index contributed by atoms with van der Waals surface area (Å²) in [5.74, 6) is 0.731. The van der Waals surface area contributed by atoms with Crippen LogP contribution in [0.4, 0.5) is 10.6 Å². The summed E-state index contributed by atoms with van der Waals surface area (Å²) < 4.78 is 12.1. The van der Waals surface area contributed by atoms with Gasteiger partial charge in [0.15, 0.2) is 0 Å². The number of carbonyl (C=O) groups is 1. The molecule has 0 radical (unpaired) electrons. The topological polar surface area (TPSA) is 134 Å². The van der Waals surface area contributed by atoms with Gasteiger partial charge in [0.1, 0.15) is 24.1 Å². The lowest BCUT2D eigenvalue weighted by Crippen LogP contribution is -2.30. The first kappa shape index (κ1) is 16.6. The fourth-order valence-electron chi connectivity index (χ4n) is 1.81. The molecule has 10 heteroatoms. The van der Waals surface area contributed by atoms with Crippen molar-refractivity contribution in [1.29, 1.82) is 0 Å². The first-order valence-corrected chi connectivity index (χ1v) is 7.87. The molecule has 2 atom stereocenters. The van der Waals surface area contributed by atoms with Crippen LogP contribution in [0.25, 0.3) is 0 Å². The van der Waals surface area contributed by atoms with E-state index < -0.39 is 18.0 Å². The highest BCUT2D eigenvalue weighted by molar-refractivity contribution is 8.00. The van der Waals surface area contributed by atoms with Gasteiger partial charge < -0.3 is 26.3 Å². The monoisotopic (exact) mass is 329 g/mol. The molecule has 2 heterocycles. The summed E-state index contributed by atoms with van der Waals surface area (Å²) in [6, 6.07) is 1.53. The Morgan fingerprint density at radius 1 is 1.64 bits per heavy atom. The van der Waals surface area contributed by atoms with Crippen molar-refractivity contribution in [1.82, 2.24) is 14.9 Å². The second kappa shape index (κ2) is 8.01. The summed E-state index contributed by atoms with van der Waals surface area (Å²) in [7, 11) is 0. The predicted octanol–water partition coefficient (Wildman–Crippen LogP) is -0.511. The van der Waals surface area contributed by atoms with Crippen molar-refractivity contribution >= 4 is 23.7 Å². The number of ether oxygens (including phenoxy) is 2. The molecule has 1 saturated heterocycles. The quantitative estimate of drug-likeness (QED) is 0.594. The number of anilines is 1. The molecule has 0 aliphatic carbocycles. The Kier molecular flexibility index (Phi) is 6.04. The van der Waals surface area contributed by atoms with Gasteiger partial charge >= 0.3 is 11.8 Å². The second-order valence-corrected chi connectivity index (χ2v) is 5.76. The fourth-order valence-corrected chi connectivity index (χ4v) is 2.80. The third kappa shape index (κ3) is 4.61. The van der Waals surface area contributed by atoms with Gasteiger partial charge in [0, 0.05) is 18.5 Å². The Balaban J connectivity index is 1.78. The van der Waals surface area contributed by atoms with Gasteiger partial charge in [-0.15, -0.1) is 11.8 Å². The number of nitrogens with two attached hydrogens (primary N) is 2. The number of hydrogen-bond acceptors (Lipinski definition) is 8. The van der Waals surface area contributed by atoms with E-state index >= 15 is 0 Å². The van der Waals surface area contributed by atoms with Crippen LogP contribution in [-0.4, -0.2) is 46.5 Å². The molecule has 1 amide bonds. The summed E-state index contributed by atoms with van der Waals surface area (Å²) >= 11 is 1.46. The molecule has 1 aliphatic heterocycles. The molecule has 9 nitrogen and oxygen atoms in total. The molecule has 22 heavy (non-hydrogen) atoms. The summed E-state index contributed by atoms with van der Waals surface area (Å²) in [6.07, 6.45) is 1.28. The standard InChI is InChI=1S/C12H19N5O4S/c13-3-1-4-15-12(19)20-6-10-21-9(7-22-10)17-5-2-8(14)16-11(17)18/h2,5,9-10H,1,3-4,6-7,13H2,(H,15,19)(H2,14,16,18)/t9-,10-/m0/s1. The summed E-state index contributed by atoms with van der Waals surface area (Å²) in [6.45, 7) is 1.09. The normalized spacial score (nSPS) is 20.8. The molecule has 0 bridgehead atoms. The molecule has 0 spiro atoms. The molecular weight excluding hydrogens is 310 g/mol. The maximum Gasteiger partial charge on any atom is 0.407 e. The van der Waals surface area contributed by atoms with Crippen LogP contribution < -0.4 is 22.5 Å². The minimum atomic E-state index is -0.507. The Morgan fingerprint density at radius 3 is 3.18 bits per heavy atom. The van der Waals surface area contributed by atoms with Crippen molar-refractivity contribution in [2.45, 2.75) is 18.1 Å². The number of thioether (sulfide) groups is 1. The van der Waals surface area contributed by atoms with Gasteiger partial charge in [-0.1, -0.05) is 0 Å². The number of alkyl carbamates (subject to hydrolysis) is 1. The molecule has 1 fully saturated rings. The van der Waals surface area contributed by atoms with E-state index in [1.54, 1.807) is 6.20 Å². The van der Waals surface area contributed by atoms with Crippen LogP contribution in [0.5, 0.6) is 0 Å². The highest BCUT2D eigenvalue weighted by Crippen LogP contribution is 2.30. The van der Waals surface area contributed by atoms with E-state index in [9.17, 15) is 9.59 Å². The first-order valence-electron chi connectivity index (χ1n) is 6.82. The van der Waals surface area contributed by atoms with Crippen LogP contribution in [-0.2, 0) is 9.47 Å². The number of hydrogen-bond donors (Lipinski definition) is 3. The molecule has 1 aliphatic rings. The number of aromatic nitrogens is 2. The lowest BCUT2D eigenvalue weighted by Gasteiger charge is -2.14. The summed E-state index contributed by atoms with van der Waals surface area (Å²) in [4.78, 5) is 26.8. The van der Waals surface area contributed by atoms with Crippen molar-refractivity contribution in [3.8, 4) is 0 Å². The molecule has 2 rings (SSSR count). The molecule has 5 N–H and O–H groups in total. The van der Waals surface area contributed by atoms with E-state index in [0.717, 1.165) is 0 Å². The summed E-state index contributed by atoms with van der Waals surface area (Å²) in [5, 5.41) is 2.58. The maximum absolute atomic E-state index is 11.7. The van der Waals surface area contributed by atoms with E-state index in [2.05, 4.69) is 10.3 Å². The van der Waals surface area contributed by atoms with E-state index in [4.69, 9.17) is 20.9 Å². The number of nitrogens with one attached hydrogen (secondary N) is 1.